The third kappa shape index (κ3) is 2.73. The molecule has 0 spiro atoms. The second-order valence-electron chi connectivity index (χ2n) is 3.61. The molecule has 0 amide bonds. The minimum atomic E-state index is -0.558. The molecule has 2 aromatic rings. The number of nitrogen functional groups attached to an aromatic ring is 1. The van der Waals surface area contributed by atoms with Gasteiger partial charge < -0.3 is 11.1 Å². The van der Waals surface area contributed by atoms with E-state index in [1.54, 1.807) is 6.07 Å². The summed E-state index contributed by atoms with van der Waals surface area (Å²) in [5.74, 6) is -1.01. The molecular formula is C12H8BrClF2N2. The van der Waals surface area contributed by atoms with Crippen LogP contribution in [0.4, 0.5) is 25.8 Å². The number of halogens is 4. The van der Waals surface area contributed by atoms with Gasteiger partial charge in [-0.1, -0.05) is 11.6 Å². The van der Waals surface area contributed by atoms with Crippen molar-refractivity contribution in [3.8, 4) is 0 Å². The lowest BCUT2D eigenvalue weighted by Gasteiger charge is -2.10. The Morgan fingerprint density at radius 2 is 1.83 bits per heavy atom. The molecule has 2 nitrogen and oxygen atoms in total. The van der Waals surface area contributed by atoms with E-state index in [9.17, 15) is 8.78 Å². The van der Waals surface area contributed by atoms with Crippen LogP contribution in [0.2, 0.25) is 5.02 Å². The minimum Gasteiger partial charge on any atom is -0.397 e. The largest absolute Gasteiger partial charge is 0.397 e. The Morgan fingerprint density at radius 1 is 1.11 bits per heavy atom. The number of nitrogens with two attached hydrogens (primary N) is 1. The SMILES string of the molecule is Nc1cc(Br)c(F)cc1Nc1ccc(Cl)c(F)c1. The van der Waals surface area contributed by atoms with Gasteiger partial charge in [0.05, 0.1) is 20.9 Å². The molecule has 0 aromatic heterocycles. The summed E-state index contributed by atoms with van der Waals surface area (Å²) < 4.78 is 26.9. The lowest BCUT2D eigenvalue weighted by atomic mass is 10.2. The molecule has 0 aliphatic rings. The highest BCUT2D eigenvalue weighted by Gasteiger charge is 2.07. The maximum Gasteiger partial charge on any atom is 0.143 e. The van der Waals surface area contributed by atoms with Crippen LogP contribution in [0, 0.1) is 11.6 Å². The first-order chi connectivity index (χ1) is 8.47. The summed E-state index contributed by atoms with van der Waals surface area (Å²) in [4.78, 5) is 0. The van der Waals surface area contributed by atoms with E-state index in [2.05, 4.69) is 21.2 Å². The van der Waals surface area contributed by atoms with Crippen LogP contribution in [0.5, 0.6) is 0 Å². The summed E-state index contributed by atoms with van der Waals surface area (Å²) in [7, 11) is 0. The van der Waals surface area contributed by atoms with Crippen molar-refractivity contribution in [2.75, 3.05) is 11.1 Å². The van der Waals surface area contributed by atoms with Crippen molar-refractivity contribution in [1.29, 1.82) is 0 Å². The zero-order chi connectivity index (χ0) is 13.3. The van der Waals surface area contributed by atoms with Crippen molar-refractivity contribution in [1.82, 2.24) is 0 Å². The molecule has 0 atom stereocenters. The third-order valence-electron chi connectivity index (χ3n) is 2.29. The Kier molecular flexibility index (Phi) is 3.73. The van der Waals surface area contributed by atoms with Gasteiger partial charge in [-0.15, -0.1) is 0 Å². The first kappa shape index (κ1) is 13.1. The number of nitrogens with one attached hydrogen (secondary N) is 1. The molecule has 2 rings (SSSR count). The van der Waals surface area contributed by atoms with E-state index in [0.717, 1.165) is 0 Å². The molecule has 0 fully saturated rings. The van der Waals surface area contributed by atoms with Crippen LogP contribution >= 0.6 is 27.5 Å². The van der Waals surface area contributed by atoms with Crippen LogP contribution in [0.3, 0.4) is 0 Å². The molecule has 0 unspecified atom stereocenters. The molecule has 0 radical (unpaired) electrons. The summed E-state index contributed by atoms with van der Waals surface area (Å²) >= 11 is 8.59. The molecule has 0 aliphatic carbocycles. The van der Waals surface area contributed by atoms with Crippen molar-refractivity contribution < 1.29 is 8.78 Å². The predicted octanol–water partition coefficient (Wildman–Crippen LogP) is 4.71. The predicted molar refractivity (Wildman–Crippen MR) is 73.2 cm³/mol. The van der Waals surface area contributed by atoms with Crippen molar-refractivity contribution in [2.45, 2.75) is 0 Å². The van der Waals surface area contributed by atoms with Crippen LogP contribution in [0.15, 0.2) is 34.8 Å². The number of benzene rings is 2. The van der Waals surface area contributed by atoms with E-state index in [1.807, 2.05) is 0 Å². The normalized spacial score (nSPS) is 10.4. The first-order valence-electron chi connectivity index (χ1n) is 4.94. The minimum absolute atomic E-state index is 0.0236. The van der Waals surface area contributed by atoms with E-state index in [4.69, 9.17) is 17.3 Å². The number of rotatable bonds is 2. The van der Waals surface area contributed by atoms with E-state index < -0.39 is 11.6 Å². The Morgan fingerprint density at radius 3 is 2.50 bits per heavy atom. The van der Waals surface area contributed by atoms with Crippen LogP contribution in [-0.4, -0.2) is 0 Å². The Bertz CT molecular complexity index is 605. The fourth-order valence-corrected chi connectivity index (χ4v) is 1.88. The summed E-state index contributed by atoms with van der Waals surface area (Å²) in [6, 6.07) is 6.85. The maximum absolute atomic E-state index is 13.4. The number of hydrogen-bond acceptors (Lipinski definition) is 2. The highest BCUT2D eigenvalue weighted by molar-refractivity contribution is 9.10. The van der Waals surface area contributed by atoms with Crippen LogP contribution in [-0.2, 0) is 0 Å². The molecule has 0 saturated carbocycles. The summed E-state index contributed by atoms with van der Waals surface area (Å²) in [6.07, 6.45) is 0. The van der Waals surface area contributed by atoms with E-state index in [-0.39, 0.29) is 9.50 Å². The van der Waals surface area contributed by atoms with E-state index in [0.29, 0.717) is 17.1 Å². The molecule has 0 aliphatic heterocycles. The lowest BCUT2D eigenvalue weighted by Crippen LogP contribution is -1.98. The second-order valence-corrected chi connectivity index (χ2v) is 4.87. The molecule has 6 heteroatoms. The van der Waals surface area contributed by atoms with E-state index >= 15 is 0 Å². The van der Waals surface area contributed by atoms with Crippen molar-refractivity contribution in [3.63, 3.8) is 0 Å². The average molecular weight is 334 g/mol. The van der Waals surface area contributed by atoms with Crippen LogP contribution < -0.4 is 11.1 Å². The monoisotopic (exact) mass is 332 g/mol. The lowest BCUT2D eigenvalue weighted by molar-refractivity contribution is 0.622. The van der Waals surface area contributed by atoms with Crippen molar-refractivity contribution in [3.05, 3.63) is 51.5 Å². The topological polar surface area (TPSA) is 38.0 Å². The fraction of sp³-hybridized carbons (Fsp3) is 0. The quantitative estimate of drug-likeness (QED) is 0.781. The van der Waals surface area contributed by atoms with Crippen LogP contribution in [0.1, 0.15) is 0 Å². The van der Waals surface area contributed by atoms with Gasteiger partial charge in [-0.05, 0) is 40.2 Å². The molecule has 0 bridgehead atoms. The van der Waals surface area contributed by atoms with Gasteiger partial charge in [0.15, 0.2) is 0 Å². The Labute approximate surface area is 116 Å². The standard InChI is InChI=1S/C12H8BrClF2N2/c13-7-4-11(17)12(5-9(7)15)18-6-1-2-8(14)10(16)3-6/h1-5,18H,17H2. The zero-order valence-electron chi connectivity index (χ0n) is 8.98. The average Bonchev–Trinajstić information content (AvgIpc) is 2.31. The Hall–Kier alpha value is -1.33. The molecule has 2 aromatic carbocycles. The molecular weight excluding hydrogens is 325 g/mol. The molecule has 3 N–H and O–H groups in total. The van der Waals surface area contributed by atoms with E-state index in [1.165, 1.54) is 24.3 Å². The van der Waals surface area contributed by atoms with Gasteiger partial charge in [-0.3, -0.25) is 0 Å². The van der Waals surface area contributed by atoms with Gasteiger partial charge in [0.25, 0.3) is 0 Å². The number of anilines is 3. The highest BCUT2D eigenvalue weighted by atomic mass is 79.9. The van der Waals surface area contributed by atoms with Crippen molar-refractivity contribution in [2.24, 2.45) is 0 Å². The van der Waals surface area contributed by atoms with Crippen LogP contribution in [0.25, 0.3) is 0 Å². The summed E-state index contributed by atoms with van der Waals surface area (Å²) in [5, 5.41) is 2.85. The third-order valence-corrected chi connectivity index (χ3v) is 3.21. The van der Waals surface area contributed by atoms with Gasteiger partial charge in [0.1, 0.15) is 11.6 Å². The van der Waals surface area contributed by atoms with Crippen molar-refractivity contribution >= 4 is 44.6 Å². The smallest absolute Gasteiger partial charge is 0.143 e. The maximum atomic E-state index is 13.4. The fourth-order valence-electron chi connectivity index (χ4n) is 1.40. The van der Waals surface area contributed by atoms with Gasteiger partial charge in [0.2, 0.25) is 0 Å². The first-order valence-corrected chi connectivity index (χ1v) is 6.11. The van der Waals surface area contributed by atoms with Gasteiger partial charge >= 0.3 is 0 Å². The molecule has 18 heavy (non-hydrogen) atoms. The van der Waals surface area contributed by atoms with Gasteiger partial charge in [-0.25, -0.2) is 8.78 Å². The highest BCUT2D eigenvalue weighted by Crippen LogP contribution is 2.29. The summed E-state index contributed by atoms with van der Waals surface area (Å²) in [5.41, 5.74) is 6.87. The molecule has 0 saturated heterocycles. The van der Waals surface area contributed by atoms with Gasteiger partial charge in [-0.2, -0.15) is 0 Å². The Balaban J connectivity index is 2.34. The number of hydrogen-bond donors (Lipinski definition) is 2. The second kappa shape index (κ2) is 5.12. The summed E-state index contributed by atoms with van der Waals surface area (Å²) in [6.45, 7) is 0. The molecule has 0 heterocycles. The molecule has 94 valence electrons. The van der Waals surface area contributed by atoms with Gasteiger partial charge in [0, 0.05) is 11.8 Å². The zero-order valence-corrected chi connectivity index (χ0v) is 11.3.